The molecule has 1 N–H and O–H groups in total. The summed E-state index contributed by atoms with van der Waals surface area (Å²) in [5.74, 6) is 1.53. The third-order valence-corrected chi connectivity index (χ3v) is 0.908. The van der Waals surface area contributed by atoms with Crippen molar-refractivity contribution in [2.45, 2.75) is 19.8 Å². The van der Waals surface area contributed by atoms with E-state index in [0.29, 0.717) is 0 Å². The molecule has 0 aromatic heterocycles. The number of rotatable bonds is 4. The molecule has 0 radical (unpaired) electrons. The van der Waals surface area contributed by atoms with Crippen molar-refractivity contribution < 1.29 is 4.79 Å². The molecular weight excluding hydrogens is 114 g/mol. The summed E-state index contributed by atoms with van der Waals surface area (Å²) >= 11 is 0. The van der Waals surface area contributed by atoms with Gasteiger partial charge in [0.1, 0.15) is 0 Å². The van der Waals surface area contributed by atoms with E-state index in [1.807, 2.05) is 0 Å². The molecule has 0 amide bonds. The Bertz CT molecular complexity index is 130. The van der Waals surface area contributed by atoms with Gasteiger partial charge in [-0.05, 0) is 12.2 Å². The third kappa shape index (κ3) is 7.03. The lowest BCUT2D eigenvalue weighted by atomic mass is 10.3. The highest BCUT2D eigenvalue weighted by molar-refractivity contribution is 5.43. The quantitative estimate of drug-likeness (QED) is 0.343. The molecule has 0 unspecified atom stereocenters. The minimum absolute atomic E-state index is 0.908. The van der Waals surface area contributed by atoms with Gasteiger partial charge in [-0.3, -0.25) is 0 Å². The molecule has 0 bridgehead atoms. The lowest BCUT2D eigenvalue weighted by Gasteiger charge is -1.92. The molecule has 50 valence electrons. The van der Waals surface area contributed by atoms with Crippen molar-refractivity contribution in [3.8, 4) is 0 Å². The molecule has 0 fully saturated rings. The van der Waals surface area contributed by atoms with Crippen molar-refractivity contribution in [3.63, 3.8) is 0 Å². The first-order valence-electron chi connectivity index (χ1n) is 3.09. The van der Waals surface area contributed by atoms with Gasteiger partial charge in [0.25, 0.3) is 0 Å². The second kappa shape index (κ2) is 7.03. The van der Waals surface area contributed by atoms with E-state index in [4.69, 9.17) is 0 Å². The zero-order chi connectivity index (χ0) is 6.95. The fourth-order valence-corrected chi connectivity index (χ4v) is 0.432. The van der Waals surface area contributed by atoms with Crippen molar-refractivity contribution in [1.82, 2.24) is 5.32 Å². The zero-order valence-corrected chi connectivity index (χ0v) is 5.61. The van der Waals surface area contributed by atoms with E-state index in [1.54, 1.807) is 0 Å². The average molecular weight is 125 g/mol. The Morgan fingerprint density at radius 1 is 1.67 bits per heavy atom. The van der Waals surface area contributed by atoms with Gasteiger partial charge in [0.15, 0.2) is 5.94 Å². The van der Waals surface area contributed by atoms with Crippen LogP contribution in [0.4, 0.5) is 0 Å². The first-order chi connectivity index (χ1) is 4.41. The van der Waals surface area contributed by atoms with E-state index in [9.17, 15) is 4.79 Å². The fraction of sp³-hybridized carbons (Fsp3) is 0.571. The van der Waals surface area contributed by atoms with Gasteiger partial charge in [0, 0.05) is 6.54 Å². The predicted octanol–water partition coefficient (Wildman–Crippen LogP) is 0.877. The maximum absolute atomic E-state index is 9.53. The maximum atomic E-state index is 9.53. The summed E-state index contributed by atoms with van der Waals surface area (Å²) in [5, 5.41) is 2.89. The summed E-state index contributed by atoms with van der Waals surface area (Å²) in [6.45, 7) is 3.02. The Kier molecular flexibility index (Phi) is 6.27. The van der Waals surface area contributed by atoms with Gasteiger partial charge in [0.05, 0.1) is 6.20 Å². The third-order valence-electron chi connectivity index (χ3n) is 0.908. The Morgan fingerprint density at radius 3 is 3.00 bits per heavy atom. The van der Waals surface area contributed by atoms with Crippen molar-refractivity contribution in [3.05, 3.63) is 11.9 Å². The average Bonchev–Trinajstić information content (AvgIpc) is 1.89. The van der Waals surface area contributed by atoms with Crippen LogP contribution in [0.25, 0.3) is 0 Å². The Hall–Kier alpha value is -0.970. The van der Waals surface area contributed by atoms with Gasteiger partial charge in [-0.2, -0.15) is 0 Å². The highest BCUT2D eigenvalue weighted by atomic mass is 16.1. The monoisotopic (exact) mass is 125 g/mol. The number of unbranched alkanes of at least 4 members (excludes halogenated alkanes) is 1. The zero-order valence-electron chi connectivity index (χ0n) is 5.61. The Balaban J connectivity index is 3.09. The molecule has 0 aliphatic heterocycles. The molecule has 2 heteroatoms. The van der Waals surface area contributed by atoms with E-state index in [2.05, 4.69) is 18.0 Å². The molecule has 0 saturated heterocycles. The Labute approximate surface area is 55.3 Å². The van der Waals surface area contributed by atoms with Crippen LogP contribution in [0.3, 0.4) is 0 Å². The maximum Gasteiger partial charge on any atom is 0.178 e. The van der Waals surface area contributed by atoms with Crippen LogP contribution in [0.5, 0.6) is 0 Å². The van der Waals surface area contributed by atoms with Crippen molar-refractivity contribution >= 4 is 5.94 Å². The van der Waals surface area contributed by atoms with Gasteiger partial charge in [-0.15, -0.1) is 0 Å². The molecule has 0 aliphatic rings. The first kappa shape index (κ1) is 8.03. The molecule has 0 aliphatic carbocycles. The van der Waals surface area contributed by atoms with Crippen molar-refractivity contribution in [2.75, 3.05) is 6.54 Å². The van der Waals surface area contributed by atoms with Crippen molar-refractivity contribution in [1.29, 1.82) is 0 Å². The SMILES string of the molecule is CCCCNC=C=C=O. The lowest BCUT2D eigenvalue weighted by molar-refractivity contribution is 0.569. The lowest BCUT2D eigenvalue weighted by Crippen LogP contribution is -2.04. The van der Waals surface area contributed by atoms with Crippen LogP contribution in [0.1, 0.15) is 19.8 Å². The largest absolute Gasteiger partial charge is 0.384 e. The molecule has 0 aromatic rings. The molecule has 0 atom stereocenters. The number of hydrogen-bond donors (Lipinski definition) is 1. The minimum Gasteiger partial charge on any atom is -0.384 e. The normalized spacial score (nSPS) is 7.22. The van der Waals surface area contributed by atoms with E-state index < -0.39 is 0 Å². The van der Waals surface area contributed by atoms with Crippen LogP contribution in [0, 0.1) is 0 Å². The molecule has 9 heavy (non-hydrogen) atoms. The van der Waals surface area contributed by atoms with Crippen LogP contribution < -0.4 is 5.32 Å². The molecule has 0 rings (SSSR count). The molecule has 2 nitrogen and oxygen atoms in total. The van der Waals surface area contributed by atoms with Crippen LogP contribution in [-0.2, 0) is 4.79 Å². The van der Waals surface area contributed by atoms with Gasteiger partial charge in [-0.1, -0.05) is 13.3 Å². The van der Waals surface area contributed by atoms with Gasteiger partial charge in [0.2, 0.25) is 0 Å². The van der Waals surface area contributed by atoms with E-state index in [0.717, 1.165) is 19.4 Å². The number of hydrogen-bond acceptors (Lipinski definition) is 2. The van der Waals surface area contributed by atoms with E-state index in [-0.39, 0.29) is 0 Å². The van der Waals surface area contributed by atoms with Gasteiger partial charge in [-0.25, -0.2) is 4.79 Å². The van der Waals surface area contributed by atoms with Crippen LogP contribution in [0.15, 0.2) is 11.9 Å². The van der Waals surface area contributed by atoms with E-state index in [1.165, 1.54) is 12.1 Å². The molecule has 0 heterocycles. The molecule has 0 saturated carbocycles. The summed E-state index contributed by atoms with van der Waals surface area (Å²) in [4.78, 5) is 9.53. The summed E-state index contributed by atoms with van der Waals surface area (Å²) < 4.78 is 0. The van der Waals surface area contributed by atoms with E-state index >= 15 is 0 Å². The van der Waals surface area contributed by atoms with Gasteiger partial charge >= 0.3 is 0 Å². The fourth-order valence-electron chi connectivity index (χ4n) is 0.432. The predicted molar refractivity (Wildman–Crippen MR) is 36.7 cm³/mol. The first-order valence-corrected chi connectivity index (χ1v) is 3.09. The smallest absolute Gasteiger partial charge is 0.178 e. The highest BCUT2D eigenvalue weighted by Crippen LogP contribution is 1.80. The van der Waals surface area contributed by atoms with Crippen LogP contribution in [0.2, 0.25) is 0 Å². The van der Waals surface area contributed by atoms with Crippen LogP contribution >= 0.6 is 0 Å². The van der Waals surface area contributed by atoms with Gasteiger partial charge < -0.3 is 5.32 Å². The van der Waals surface area contributed by atoms with Crippen LogP contribution in [-0.4, -0.2) is 12.5 Å². The number of carbonyl (C=O) groups excluding carboxylic acids is 1. The highest BCUT2D eigenvalue weighted by Gasteiger charge is 1.75. The second-order valence-corrected chi connectivity index (χ2v) is 1.70. The molecular formula is C7H11NO. The topological polar surface area (TPSA) is 29.1 Å². The second-order valence-electron chi connectivity index (χ2n) is 1.70. The summed E-state index contributed by atoms with van der Waals surface area (Å²) in [6.07, 6.45) is 3.77. The molecule has 0 aromatic carbocycles. The van der Waals surface area contributed by atoms with Crippen molar-refractivity contribution in [2.24, 2.45) is 0 Å². The summed E-state index contributed by atoms with van der Waals surface area (Å²) in [5.41, 5.74) is 2.27. The summed E-state index contributed by atoms with van der Waals surface area (Å²) in [6, 6.07) is 0. The minimum atomic E-state index is 0.908. The summed E-state index contributed by atoms with van der Waals surface area (Å²) in [7, 11) is 0. The number of nitrogens with one attached hydrogen (secondary N) is 1. The Morgan fingerprint density at radius 2 is 2.44 bits per heavy atom. The standard InChI is InChI=1S/C7H11NO/c1-2-3-5-8-6-4-7-9/h6,8H,2-3,5H2,1H3. The molecule has 0 spiro atoms.